The highest BCUT2D eigenvalue weighted by Crippen LogP contribution is 2.30. The number of Topliss-reactive ketones (excluding diaryl/α,β-unsaturated/α-hetero) is 1. The molecule has 0 fully saturated rings. The van der Waals surface area contributed by atoms with Crippen molar-refractivity contribution >= 4 is 66.5 Å². The summed E-state index contributed by atoms with van der Waals surface area (Å²) in [7, 11) is 0. The fourth-order valence-electron chi connectivity index (χ4n) is 1.57. The van der Waals surface area contributed by atoms with Crippen LogP contribution in [-0.2, 0) is 0 Å². The van der Waals surface area contributed by atoms with E-state index in [2.05, 4.69) is 48.2 Å². The molecule has 0 radical (unpaired) electrons. The molecule has 18 heavy (non-hydrogen) atoms. The van der Waals surface area contributed by atoms with Crippen LogP contribution in [0.4, 0.5) is 10.7 Å². The Labute approximate surface area is 131 Å². The summed E-state index contributed by atoms with van der Waals surface area (Å²) in [5.41, 5.74) is 2.41. The minimum absolute atomic E-state index is 0.0376. The predicted molar refractivity (Wildman–Crippen MR) is 87.0 cm³/mol. The van der Waals surface area contributed by atoms with Crippen molar-refractivity contribution in [3.8, 4) is 0 Å². The summed E-state index contributed by atoms with van der Waals surface area (Å²) in [4.78, 5) is 11.6. The molecule has 6 heteroatoms. The summed E-state index contributed by atoms with van der Waals surface area (Å²) in [5, 5.41) is 4.06. The average Bonchev–Trinajstić information content (AvgIpc) is 2.65. The Morgan fingerprint density at radius 3 is 2.83 bits per heavy atom. The molecule has 94 valence electrons. The smallest absolute Gasteiger partial charge is 0.164 e. The lowest BCUT2D eigenvalue weighted by Crippen LogP contribution is -1.98. The second-order valence-electron chi connectivity index (χ2n) is 3.78. The minimum Gasteiger partial charge on any atom is -0.345 e. The number of benzene rings is 1. The van der Waals surface area contributed by atoms with E-state index < -0.39 is 0 Å². The summed E-state index contributed by atoms with van der Waals surface area (Å²) in [5.74, 6) is 0.0376. The topological polar surface area (TPSA) is 42.0 Å². The second-order valence-corrected chi connectivity index (χ2v) is 6.57. The summed E-state index contributed by atoms with van der Waals surface area (Å²) in [6, 6.07) is 5.96. The van der Waals surface area contributed by atoms with Gasteiger partial charge in [0.2, 0.25) is 0 Å². The Kier molecular flexibility index (Phi) is 4.39. The number of halogens is 2. The number of nitrogens with one attached hydrogen (secondary N) is 1. The predicted octanol–water partition coefficient (Wildman–Crippen LogP) is 4.76. The number of carbonyl (C=O) groups excluding carboxylic acids is 1. The van der Waals surface area contributed by atoms with E-state index in [9.17, 15) is 4.79 Å². The van der Waals surface area contributed by atoms with Gasteiger partial charge >= 0.3 is 0 Å². The molecule has 0 atom stereocenters. The van der Waals surface area contributed by atoms with Crippen molar-refractivity contribution in [2.75, 3.05) is 5.32 Å². The molecular formula is C12H10BrIN2OS. The van der Waals surface area contributed by atoms with Crippen molar-refractivity contribution in [3.63, 3.8) is 0 Å². The molecule has 0 saturated carbocycles. The van der Waals surface area contributed by atoms with E-state index in [1.54, 1.807) is 6.92 Å². The monoisotopic (exact) mass is 436 g/mol. The molecule has 0 aliphatic heterocycles. The summed E-state index contributed by atoms with van der Waals surface area (Å²) in [6.07, 6.45) is 0. The van der Waals surface area contributed by atoms with Crippen LogP contribution in [0.2, 0.25) is 0 Å². The first-order valence-electron chi connectivity index (χ1n) is 5.18. The molecule has 0 unspecified atom stereocenters. The highest BCUT2D eigenvalue weighted by molar-refractivity contribution is 14.1. The molecule has 1 aromatic carbocycles. The van der Waals surface area contributed by atoms with Crippen molar-refractivity contribution in [1.82, 2.24) is 4.37 Å². The molecule has 2 rings (SSSR count). The number of ketones is 1. The van der Waals surface area contributed by atoms with E-state index >= 15 is 0 Å². The van der Waals surface area contributed by atoms with Gasteiger partial charge in [-0.15, -0.1) is 0 Å². The third kappa shape index (κ3) is 2.92. The lowest BCUT2D eigenvalue weighted by atomic mass is 10.2. The van der Waals surface area contributed by atoms with E-state index in [0.29, 0.717) is 5.56 Å². The first-order chi connectivity index (χ1) is 8.49. The molecule has 2 aromatic rings. The molecule has 0 saturated heterocycles. The molecule has 0 spiro atoms. The van der Waals surface area contributed by atoms with Crippen LogP contribution in [-0.4, -0.2) is 10.2 Å². The van der Waals surface area contributed by atoms with Crippen LogP contribution in [0.15, 0.2) is 22.7 Å². The maximum atomic E-state index is 11.6. The summed E-state index contributed by atoms with van der Waals surface area (Å²) in [6.45, 7) is 3.41. The number of aromatic nitrogens is 1. The molecule has 0 bridgehead atoms. The van der Waals surface area contributed by atoms with Crippen molar-refractivity contribution in [1.29, 1.82) is 0 Å². The van der Waals surface area contributed by atoms with Crippen LogP contribution >= 0.6 is 50.1 Å². The van der Waals surface area contributed by atoms with Crippen molar-refractivity contribution in [3.05, 3.63) is 37.5 Å². The zero-order chi connectivity index (χ0) is 13.3. The van der Waals surface area contributed by atoms with E-state index in [1.165, 1.54) is 11.5 Å². The van der Waals surface area contributed by atoms with Crippen LogP contribution in [0.3, 0.4) is 0 Å². The highest BCUT2D eigenvalue weighted by atomic mass is 127. The third-order valence-corrected chi connectivity index (χ3v) is 5.57. The lowest BCUT2D eigenvalue weighted by Gasteiger charge is -2.06. The standard InChI is InChI=1S/C12H10BrIN2OS/c1-6-11(7(2)17)12(18-16-6)15-8-3-4-9(13)10(14)5-8/h3-5,15H,1-2H3. The normalized spacial score (nSPS) is 10.4. The van der Waals surface area contributed by atoms with Gasteiger partial charge in [0.15, 0.2) is 5.78 Å². The number of rotatable bonds is 3. The van der Waals surface area contributed by atoms with E-state index in [4.69, 9.17) is 0 Å². The number of nitrogens with zero attached hydrogens (tertiary/aromatic N) is 1. The van der Waals surface area contributed by atoms with Crippen LogP contribution < -0.4 is 5.32 Å². The Bertz CT molecular complexity index is 612. The number of aryl methyl sites for hydroxylation is 1. The molecule has 0 amide bonds. The third-order valence-electron chi connectivity index (χ3n) is 2.39. The molecule has 1 N–H and O–H groups in total. The van der Waals surface area contributed by atoms with Gasteiger partial charge in [0.1, 0.15) is 5.00 Å². The molecule has 3 nitrogen and oxygen atoms in total. The van der Waals surface area contributed by atoms with Gasteiger partial charge in [-0.05, 0) is 82.1 Å². The van der Waals surface area contributed by atoms with Gasteiger partial charge in [0, 0.05) is 13.7 Å². The maximum absolute atomic E-state index is 11.6. The Morgan fingerprint density at radius 2 is 2.22 bits per heavy atom. The first kappa shape index (κ1) is 14.0. The quantitative estimate of drug-likeness (QED) is 0.556. The Balaban J connectivity index is 2.34. The van der Waals surface area contributed by atoms with Crippen LogP contribution in [0, 0.1) is 10.5 Å². The van der Waals surface area contributed by atoms with Crippen molar-refractivity contribution in [2.24, 2.45) is 0 Å². The number of hydrogen-bond donors (Lipinski definition) is 1. The molecule has 0 aliphatic rings. The summed E-state index contributed by atoms with van der Waals surface area (Å²) < 4.78 is 6.39. The van der Waals surface area contributed by atoms with Gasteiger partial charge in [-0.25, -0.2) is 0 Å². The zero-order valence-corrected chi connectivity index (χ0v) is 14.3. The van der Waals surface area contributed by atoms with Gasteiger partial charge in [-0.2, -0.15) is 4.37 Å². The first-order valence-corrected chi connectivity index (χ1v) is 7.83. The van der Waals surface area contributed by atoms with Gasteiger partial charge < -0.3 is 5.32 Å². The average molecular weight is 437 g/mol. The lowest BCUT2D eigenvalue weighted by molar-refractivity contribution is 0.101. The van der Waals surface area contributed by atoms with Gasteiger partial charge in [-0.1, -0.05) is 0 Å². The Hall–Kier alpha value is -0.470. The Morgan fingerprint density at radius 1 is 1.50 bits per heavy atom. The molecule has 1 heterocycles. The van der Waals surface area contributed by atoms with Crippen LogP contribution in [0.25, 0.3) is 0 Å². The van der Waals surface area contributed by atoms with E-state index in [1.807, 2.05) is 25.1 Å². The molecule has 1 aromatic heterocycles. The van der Waals surface area contributed by atoms with Gasteiger partial charge in [0.05, 0.1) is 11.3 Å². The second kappa shape index (κ2) is 5.66. The minimum atomic E-state index is 0.0376. The van der Waals surface area contributed by atoms with Gasteiger partial charge in [-0.3, -0.25) is 4.79 Å². The highest BCUT2D eigenvalue weighted by Gasteiger charge is 2.15. The van der Waals surface area contributed by atoms with E-state index in [0.717, 1.165) is 24.4 Å². The number of anilines is 2. The van der Waals surface area contributed by atoms with Crippen molar-refractivity contribution < 1.29 is 4.79 Å². The SMILES string of the molecule is CC(=O)c1c(C)nsc1Nc1ccc(Br)c(I)c1. The largest absolute Gasteiger partial charge is 0.345 e. The summed E-state index contributed by atoms with van der Waals surface area (Å²) >= 11 is 7.02. The number of hydrogen-bond acceptors (Lipinski definition) is 4. The molecule has 0 aliphatic carbocycles. The van der Waals surface area contributed by atoms with Crippen molar-refractivity contribution in [2.45, 2.75) is 13.8 Å². The van der Waals surface area contributed by atoms with E-state index in [-0.39, 0.29) is 5.78 Å². The fourth-order valence-corrected chi connectivity index (χ4v) is 3.20. The van der Waals surface area contributed by atoms with Gasteiger partial charge in [0.25, 0.3) is 0 Å². The zero-order valence-electron chi connectivity index (χ0n) is 9.75. The van der Waals surface area contributed by atoms with Crippen LogP contribution in [0.5, 0.6) is 0 Å². The maximum Gasteiger partial charge on any atom is 0.164 e. The van der Waals surface area contributed by atoms with Crippen LogP contribution in [0.1, 0.15) is 23.0 Å². The molecular weight excluding hydrogens is 427 g/mol. The fraction of sp³-hybridized carbons (Fsp3) is 0.167. The number of carbonyl (C=O) groups is 1.